The highest BCUT2D eigenvalue weighted by Gasteiger charge is 2.46. The average Bonchev–Trinajstić information content (AvgIpc) is 1.61. The molecule has 4 heterocycles. The Morgan fingerprint density at radius 2 is 0.655 bits per heavy atom. The molecule has 0 amide bonds. The third-order valence-corrected chi connectivity index (χ3v) is 23.8. The van der Waals surface area contributed by atoms with Crippen LogP contribution < -0.4 is 26.2 Å². The van der Waals surface area contributed by atoms with E-state index in [-0.39, 0.29) is 66.4 Å². The summed E-state index contributed by atoms with van der Waals surface area (Å²) in [4.78, 5) is 5.14. The van der Waals surface area contributed by atoms with Crippen molar-refractivity contribution in [2.45, 2.75) is 157 Å². The SMILES string of the molecule is [2H]c1c([2H])c([2H])c2c(c1[2H])c1c([2H])c([2H])c([2H])c([2H])c1n2-c1ccc2c(c1)N(c1cc(-c3cccc(C(C)(C)C)c3)cc3c1c1ccccc1n3-c1ccccc1)c1cc(-c3cc(C(C)(C)C)cc(C(C)(C)C)c3)cc3c1B2c1ccc(-c2cc(C(C)(C)C)cc(C(C)(C)C)c2)cc1N3c1c(-c2ccccc2)cc(C(C)(C)C)cc1-c1ccccc1. The molecule has 16 aromatic rings. The lowest BCUT2D eigenvalue weighted by atomic mass is 9.33. The normalized spacial score (nSPS) is 14.3. The van der Waals surface area contributed by atoms with Gasteiger partial charge in [0.05, 0.1) is 44.4 Å². The molecule has 0 unspecified atom stereocenters. The number of hydrogen-bond acceptors (Lipinski definition) is 2. The molecule has 2 aliphatic rings. The van der Waals surface area contributed by atoms with E-state index in [0.717, 1.165) is 134 Å². The summed E-state index contributed by atoms with van der Waals surface area (Å²) in [6, 6.07) is 89.3. The number of anilines is 6. The molecule has 0 N–H and O–H groups in total. The summed E-state index contributed by atoms with van der Waals surface area (Å²) in [6.07, 6.45) is 0. The van der Waals surface area contributed by atoms with E-state index >= 15 is 0 Å². The molecule has 0 radical (unpaired) electrons. The lowest BCUT2D eigenvalue weighted by Gasteiger charge is -2.46. The third-order valence-electron chi connectivity index (χ3n) is 23.8. The highest BCUT2D eigenvalue weighted by Crippen LogP contribution is 2.56. The lowest BCUT2D eigenvalue weighted by molar-refractivity contribution is 0.568. The highest BCUT2D eigenvalue weighted by molar-refractivity contribution is 7.00. The average molecular weight is 1480 g/mol. The summed E-state index contributed by atoms with van der Waals surface area (Å²) >= 11 is 0. The zero-order valence-electron chi connectivity index (χ0n) is 76.5. The second-order valence-corrected chi connectivity index (χ2v) is 37.7. The quantitative estimate of drug-likeness (QED) is 0.134. The minimum absolute atomic E-state index is 0.00924. The van der Waals surface area contributed by atoms with Crippen molar-refractivity contribution in [1.82, 2.24) is 9.13 Å². The smallest absolute Gasteiger partial charge is 0.252 e. The van der Waals surface area contributed by atoms with Crippen LogP contribution in [0, 0.1) is 0 Å². The van der Waals surface area contributed by atoms with E-state index < -0.39 is 43.0 Å². The van der Waals surface area contributed by atoms with Gasteiger partial charge in [0.25, 0.3) is 6.71 Å². The van der Waals surface area contributed by atoms with Crippen molar-refractivity contribution in [3.63, 3.8) is 0 Å². The first-order chi connectivity index (χ1) is 57.1. The standard InChI is InChI=1S/C108H103BN4/c1-103(2,3)76-40-34-39-70(53-76)74-59-96-100(86-45-30-33-48-93(86)110(96)82-41-26-21-27-42-82)97(60-74)112-95-67-83(111-91-46-31-28-43-84(91)85-44-29-32-47-92(85)111)50-52-90(95)109-89-51-49-71(72-54-77(104(4,5)6)63-78(55-72)105(7,8)9)58-94(89)113(99-62-75(61-98(112)101(99)109)73-56-79(106(10,11)12)64-80(57-73)107(13,14)15)102-87(68-35-22-19-23-36-68)65-81(108(16,17)18)66-88(102)69-37-24-20-25-38-69/h19-67H,1-18H3/i28D,29D,31D,32D,43D,44D,46D,47D. The van der Waals surface area contributed by atoms with Gasteiger partial charge in [0.2, 0.25) is 0 Å². The van der Waals surface area contributed by atoms with Gasteiger partial charge in [-0.1, -0.05) is 337 Å². The van der Waals surface area contributed by atoms with Crippen molar-refractivity contribution in [3.8, 4) is 67.0 Å². The third kappa shape index (κ3) is 12.6. The van der Waals surface area contributed by atoms with E-state index in [1.165, 1.54) is 33.4 Å². The molecular formula is C108H103BN4. The largest absolute Gasteiger partial charge is 0.311 e. The van der Waals surface area contributed by atoms with Crippen LogP contribution in [0.4, 0.5) is 34.1 Å². The molecule has 558 valence electrons. The van der Waals surface area contributed by atoms with Gasteiger partial charge in [-0.2, -0.15) is 0 Å². The van der Waals surface area contributed by atoms with Gasteiger partial charge >= 0.3 is 0 Å². The van der Waals surface area contributed by atoms with Gasteiger partial charge < -0.3 is 18.9 Å². The molecule has 0 spiro atoms. The molecular weight excluding hydrogens is 1360 g/mol. The Morgan fingerprint density at radius 1 is 0.257 bits per heavy atom. The highest BCUT2D eigenvalue weighted by atomic mass is 15.2. The van der Waals surface area contributed by atoms with Gasteiger partial charge in [-0.05, 0) is 212 Å². The number of para-hydroxylation sites is 4. The molecule has 5 heteroatoms. The fraction of sp³-hybridized carbons (Fsp3) is 0.222. The molecule has 14 aromatic carbocycles. The van der Waals surface area contributed by atoms with E-state index in [0.29, 0.717) is 5.69 Å². The van der Waals surface area contributed by atoms with E-state index in [4.69, 9.17) is 0 Å². The second kappa shape index (κ2) is 26.5. The van der Waals surface area contributed by atoms with Gasteiger partial charge in [0, 0.05) is 66.8 Å². The summed E-state index contributed by atoms with van der Waals surface area (Å²) in [5.74, 6) is 0. The zero-order chi connectivity index (χ0) is 85.7. The van der Waals surface area contributed by atoms with Crippen molar-refractivity contribution in [1.29, 1.82) is 0 Å². The van der Waals surface area contributed by atoms with Crippen LogP contribution in [0.25, 0.3) is 111 Å². The Balaban J connectivity index is 1.09. The Kier molecular flexibility index (Phi) is 15.0. The summed E-state index contributed by atoms with van der Waals surface area (Å²) in [6.45, 7) is 40.9. The number of nitrogens with zero attached hydrogens (tertiary/aromatic N) is 4. The molecule has 0 bridgehead atoms. The van der Waals surface area contributed by atoms with Crippen molar-refractivity contribution >= 4 is 101 Å². The minimum atomic E-state index is -0.536. The van der Waals surface area contributed by atoms with Gasteiger partial charge in [0.15, 0.2) is 0 Å². The van der Waals surface area contributed by atoms with E-state index in [2.05, 4.69) is 382 Å². The Bertz CT molecular complexity index is 6790. The number of hydrogen-bond donors (Lipinski definition) is 0. The molecule has 0 aliphatic carbocycles. The molecule has 4 nitrogen and oxygen atoms in total. The van der Waals surface area contributed by atoms with Crippen LogP contribution in [-0.4, -0.2) is 15.8 Å². The van der Waals surface area contributed by atoms with Crippen molar-refractivity contribution < 1.29 is 11.0 Å². The van der Waals surface area contributed by atoms with Gasteiger partial charge in [-0.15, -0.1) is 0 Å². The molecule has 2 aromatic heterocycles. The second-order valence-electron chi connectivity index (χ2n) is 37.7. The van der Waals surface area contributed by atoms with Crippen LogP contribution in [0.2, 0.25) is 0 Å². The van der Waals surface area contributed by atoms with E-state index in [1.807, 2.05) is 6.07 Å². The van der Waals surface area contributed by atoms with Crippen LogP contribution in [0.15, 0.2) is 297 Å². The lowest BCUT2D eigenvalue weighted by Crippen LogP contribution is -2.61. The summed E-state index contributed by atoms with van der Waals surface area (Å²) in [7, 11) is 0. The molecule has 0 fully saturated rings. The molecule has 18 rings (SSSR count). The Morgan fingerprint density at radius 3 is 1.19 bits per heavy atom. The molecule has 2 aliphatic heterocycles. The maximum absolute atomic E-state index is 10.0. The van der Waals surface area contributed by atoms with Crippen LogP contribution in [0.1, 0.15) is 169 Å². The summed E-state index contributed by atoms with van der Waals surface area (Å²) in [5.41, 5.74) is 28.2. The number of rotatable bonds is 9. The summed E-state index contributed by atoms with van der Waals surface area (Å²) in [5, 5.41) is 2.01. The van der Waals surface area contributed by atoms with Crippen molar-refractivity contribution in [2.75, 3.05) is 9.80 Å². The number of benzene rings is 14. The maximum Gasteiger partial charge on any atom is 0.252 e. The van der Waals surface area contributed by atoms with E-state index in [1.54, 1.807) is 4.57 Å². The predicted molar refractivity (Wildman–Crippen MR) is 489 cm³/mol. The number of fused-ring (bicyclic) bond motifs is 10. The van der Waals surface area contributed by atoms with Gasteiger partial charge in [-0.3, -0.25) is 0 Å². The molecule has 113 heavy (non-hydrogen) atoms. The fourth-order valence-corrected chi connectivity index (χ4v) is 17.4. The number of aromatic nitrogens is 2. The van der Waals surface area contributed by atoms with Gasteiger partial charge in [-0.25, -0.2) is 0 Å². The first-order valence-electron chi connectivity index (χ1n) is 44.1. The fourth-order valence-electron chi connectivity index (χ4n) is 17.4. The maximum atomic E-state index is 10.0. The van der Waals surface area contributed by atoms with Gasteiger partial charge in [0.1, 0.15) is 0 Å². The molecule has 0 atom stereocenters. The van der Waals surface area contributed by atoms with Crippen LogP contribution in [0.3, 0.4) is 0 Å². The molecule has 0 saturated heterocycles. The Hall–Kier alpha value is -11.7. The first kappa shape index (κ1) is 63.9. The predicted octanol–water partition coefficient (Wildman–Crippen LogP) is 28.1. The first-order valence-corrected chi connectivity index (χ1v) is 40.1. The van der Waals surface area contributed by atoms with Crippen molar-refractivity contribution in [2.24, 2.45) is 0 Å². The Labute approximate surface area is 681 Å². The van der Waals surface area contributed by atoms with Crippen LogP contribution >= 0.6 is 0 Å². The van der Waals surface area contributed by atoms with Crippen LogP contribution in [-0.2, 0) is 32.5 Å². The van der Waals surface area contributed by atoms with Crippen LogP contribution in [0.5, 0.6) is 0 Å². The minimum Gasteiger partial charge on any atom is -0.311 e. The summed E-state index contributed by atoms with van der Waals surface area (Å²) < 4.78 is 81.0. The van der Waals surface area contributed by atoms with E-state index in [9.17, 15) is 11.0 Å². The zero-order valence-corrected chi connectivity index (χ0v) is 68.5. The van der Waals surface area contributed by atoms with Crippen molar-refractivity contribution in [3.05, 3.63) is 330 Å². The monoisotopic (exact) mass is 1470 g/mol. The molecule has 0 saturated carbocycles. The topological polar surface area (TPSA) is 16.3 Å².